The minimum absolute atomic E-state index is 0.0187. The molecule has 0 aromatic carbocycles. The van der Waals surface area contributed by atoms with Gasteiger partial charge < -0.3 is 14.7 Å². The van der Waals surface area contributed by atoms with Gasteiger partial charge in [-0.3, -0.25) is 9.48 Å². The summed E-state index contributed by atoms with van der Waals surface area (Å²) in [5, 5.41) is 15.2. The minimum Gasteiger partial charge on any atom is -0.496 e. The molecule has 128 valence electrons. The average molecular weight is 349 g/mol. The number of aromatic nitrogens is 2. The zero-order valence-corrected chi connectivity index (χ0v) is 14.4. The molecule has 0 aliphatic carbocycles. The number of carboxylic acids is 1. The standard InChI is InChI=1S/C16H19N3O4S/c1-10-13(16(21)22)8-17-19(10)11-3-5-18(6-4-11)15(20)14-7-12(23-2)9-24-14/h7-9,11H,3-6H2,1-2H3,(H,21,22). The number of ether oxygens (including phenoxy) is 1. The van der Waals surface area contributed by atoms with Crippen LogP contribution in [0.3, 0.4) is 0 Å². The number of carbonyl (C=O) groups excluding carboxylic acids is 1. The summed E-state index contributed by atoms with van der Waals surface area (Å²) in [6.45, 7) is 3.03. The summed E-state index contributed by atoms with van der Waals surface area (Å²) in [5.74, 6) is -0.241. The molecule has 2 aromatic heterocycles. The zero-order chi connectivity index (χ0) is 17.3. The number of aromatic carboxylic acids is 1. The molecular formula is C16H19N3O4S. The van der Waals surface area contributed by atoms with Crippen LogP contribution in [0.4, 0.5) is 0 Å². The molecule has 0 spiro atoms. The van der Waals surface area contributed by atoms with E-state index >= 15 is 0 Å². The van der Waals surface area contributed by atoms with Gasteiger partial charge in [0.1, 0.15) is 11.3 Å². The lowest BCUT2D eigenvalue weighted by Crippen LogP contribution is -2.39. The Balaban J connectivity index is 1.65. The van der Waals surface area contributed by atoms with Crippen molar-refractivity contribution in [3.8, 4) is 5.75 Å². The third-order valence-corrected chi connectivity index (χ3v) is 5.29. The van der Waals surface area contributed by atoms with Gasteiger partial charge in [-0.15, -0.1) is 11.3 Å². The molecule has 24 heavy (non-hydrogen) atoms. The molecule has 8 heteroatoms. The lowest BCUT2D eigenvalue weighted by atomic mass is 10.0. The molecule has 2 aromatic rings. The Morgan fingerprint density at radius 2 is 2.08 bits per heavy atom. The van der Waals surface area contributed by atoms with Crippen molar-refractivity contribution in [3.63, 3.8) is 0 Å². The smallest absolute Gasteiger partial charge is 0.339 e. The minimum atomic E-state index is -0.960. The van der Waals surface area contributed by atoms with Crippen molar-refractivity contribution in [1.82, 2.24) is 14.7 Å². The first kappa shape index (κ1) is 16.5. The van der Waals surface area contributed by atoms with E-state index in [-0.39, 0.29) is 17.5 Å². The molecule has 7 nitrogen and oxygen atoms in total. The zero-order valence-electron chi connectivity index (χ0n) is 13.6. The van der Waals surface area contributed by atoms with Crippen molar-refractivity contribution in [3.05, 3.63) is 33.8 Å². The van der Waals surface area contributed by atoms with E-state index in [0.717, 1.165) is 12.8 Å². The molecule has 1 fully saturated rings. The van der Waals surface area contributed by atoms with Crippen molar-refractivity contribution in [2.24, 2.45) is 0 Å². The van der Waals surface area contributed by atoms with Gasteiger partial charge in [-0.25, -0.2) is 4.79 Å². The first-order valence-electron chi connectivity index (χ1n) is 7.70. The fourth-order valence-corrected chi connectivity index (χ4v) is 3.83. The van der Waals surface area contributed by atoms with Gasteiger partial charge in [-0.05, 0) is 19.8 Å². The maximum Gasteiger partial charge on any atom is 0.339 e. The first-order chi connectivity index (χ1) is 11.5. The Morgan fingerprint density at radius 1 is 1.38 bits per heavy atom. The van der Waals surface area contributed by atoms with E-state index in [0.29, 0.717) is 29.4 Å². The number of methoxy groups -OCH3 is 1. The summed E-state index contributed by atoms with van der Waals surface area (Å²) in [6, 6.07) is 1.88. The van der Waals surface area contributed by atoms with E-state index in [2.05, 4.69) is 5.10 Å². The summed E-state index contributed by atoms with van der Waals surface area (Å²) in [4.78, 5) is 26.1. The molecule has 3 rings (SSSR count). The molecule has 3 heterocycles. The summed E-state index contributed by atoms with van der Waals surface area (Å²) >= 11 is 1.38. The van der Waals surface area contributed by atoms with Gasteiger partial charge in [0.05, 0.1) is 29.9 Å². The first-order valence-corrected chi connectivity index (χ1v) is 8.58. The van der Waals surface area contributed by atoms with Gasteiger partial charge in [-0.2, -0.15) is 5.10 Å². The molecule has 0 radical (unpaired) electrons. The lowest BCUT2D eigenvalue weighted by Gasteiger charge is -2.32. The van der Waals surface area contributed by atoms with Crippen LogP contribution in [0, 0.1) is 6.92 Å². The van der Waals surface area contributed by atoms with Crippen LogP contribution < -0.4 is 4.74 Å². The topological polar surface area (TPSA) is 84.7 Å². The Labute approximate surface area is 143 Å². The van der Waals surface area contributed by atoms with Crippen LogP contribution in [0.5, 0.6) is 5.75 Å². The van der Waals surface area contributed by atoms with E-state index < -0.39 is 5.97 Å². The van der Waals surface area contributed by atoms with Crippen LogP contribution in [0.15, 0.2) is 17.6 Å². The highest BCUT2D eigenvalue weighted by molar-refractivity contribution is 7.12. The van der Waals surface area contributed by atoms with Crippen LogP contribution in [-0.2, 0) is 0 Å². The molecule has 0 saturated carbocycles. The molecule has 1 N–H and O–H groups in total. The van der Waals surface area contributed by atoms with Crippen LogP contribution in [0.1, 0.15) is 44.6 Å². The highest BCUT2D eigenvalue weighted by Gasteiger charge is 2.27. The summed E-state index contributed by atoms with van der Waals surface area (Å²) < 4.78 is 6.90. The molecule has 1 aliphatic heterocycles. The Hall–Kier alpha value is -2.35. The largest absolute Gasteiger partial charge is 0.496 e. The van der Waals surface area contributed by atoms with E-state index in [9.17, 15) is 9.59 Å². The second kappa shape index (κ2) is 6.64. The van der Waals surface area contributed by atoms with Crippen molar-refractivity contribution < 1.29 is 19.4 Å². The fraction of sp³-hybridized carbons (Fsp3) is 0.438. The Kier molecular flexibility index (Phi) is 4.57. The second-order valence-electron chi connectivity index (χ2n) is 5.77. The average Bonchev–Trinajstić information content (AvgIpc) is 3.21. The van der Waals surface area contributed by atoms with Crippen molar-refractivity contribution in [2.75, 3.05) is 20.2 Å². The summed E-state index contributed by atoms with van der Waals surface area (Å²) in [7, 11) is 1.58. The van der Waals surface area contributed by atoms with Crippen molar-refractivity contribution in [1.29, 1.82) is 0 Å². The summed E-state index contributed by atoms with van der Waals surface area (Å²) in [5.41, 5.74) is 0.898. The number of hydrogen-bond acceptors (Lipinski definition) is 5. The lowest BCUT2D eigenvalue weighted by molar-refractivity contribution is 0.0691. The maximum atomic E-state index is 12.5. The Bertz CT molecular complexity index is 759. The third kappa shape index (κ3) is 3.01. The van der Waals surface area contributed by atoms with Crippen molar-refractivity contribution >= 4 is 23.2 Å². The Morgan fingerprint density at radius 3 is 2.62 bits per heavy atom. The van der Waals surface area contributed by atoms with Crippen molar-refractivity contribution in [2.45, 2.75) is 25.8 Å². The van der Waals surface area contributed by atoms with Crippen LogP contribution in [-0.4, -0.2) is 51.9 Å². The van der Waals surface area contributed by atoms with E-state index in [1.54, 1.807) is 24.8 Å². The van der Waals surface area contributed by atoms with Gasteiger partial charge in [-0.1, -0.05) is 0 Å². The molecule has 0 atom stereocenters. The number of hydrogen-bond donors (Lipinski definition) is 1. The normalized spacial score (nSPS) is 15.5. The maximum absolute atomic E-state index is 12.5. The van der Waals surface area contributed by atoms with Gasteiger partial charge in [0, 0.05) is 24.5 Å². The van der Waals surface area contributed by atoms with Crippen LogP contribution >= 0.6 is 11.3 Å². The van der Waals surface area contributed by atoms with E-state index in [4.69, 9.17) is 9.84 Å². The number of rotatable bonds is 4. The number of nitrogens with zero attached hydrogens (tertiary/aromatic N) is 3. The van der Waals surface area contributed by atoms with Gasteiger partial charge >= 0.3 is 5.97 Å². The second-order valence-corrected chi connectivity index (χ2v) is 6.68. The highest BCUT2D eigenvalue weighted by Crippen LogP contribution is 2.28. The quantitative estimate of drug-likeness (QED) is 0.916. The fourth-order valence-electron chi connectivity index (χ4n) is 3.01. The van der Waals surface area contributed by atoms with Gasteiger partial charge in [0.25, 0.3) is 5.91 Å². The van der Waals surface area contributed by atoms with Gasteiger partial charge in [0.15, 0.2) is 0 Å². The monoisotopic (exact) mass is 349 g/mol. The number of carbonyl (C=O) groups is 2. The van der Waals surface area contributed by atoms with Crippen LogP contribution in [0.2, 0.25) is 0 Å². The highest BCUT2D eigenvalue weighted by atomic mass is 32.1. The summed E-state index contributed by atoms with van der Waals surface area (Å²) in [6.07, 6.45) is 2.92. The molecule has 0 bridgehead atoms. The number of likely N-dealkylation sites (tertiary alicyclic amines) is 1. The predicted octanol–water partition coefficient (Wildman–Crippen LogP) is 2.44. The predicted molar refractivity (Wildman–Crippen MR) is 89.0 cm³/mol. The van der Waals surface area contributed by atoms with Gasteiger partial charge in [0.2, 0.25) is 0 Å². The van der Waals surface area contributed by atoms with Crippen LogP contribution in [0.25, 0.3) is 0 Å². The molecule has 1 aliphatic rings. The SMILES string of the molecule is COc1csc(C(=O)N2CCC(n3ncc(C(=O)O)c3C)CC2)c1. The molecule has 1 saturated heterocycles. The van der Waals surface area contributed by atoms with E-state index in [1.165, 1.54) is 17.5 Å². The van der Waals surface area contributed by atoms with E-state index in [1.807, 2.05) is 10.3 Å². The molecular weight excluding hydrogens is 330 g/mol. The third-order valence-electron chi connectivity index (χ3n) is 4.39. The molecule has 1 amide bonds. The number of carboxylic acid groups (broad SMARTS) is 1. The molecule has 0 unspecified atom stereocenters. The number of amides is 1. The number of thiophene rings is 1. The number of piperidine rings is 1.